The molecular formula is C22H25N7O5S. The number of H-pyrrole nitrogens is 1. The number of hydrogen-bond acceptors (Lipinski definition) is 7. The number of fused-ring (bicyclic) bond motifs is 1. The average Bonchev–Trinajstić information content (AvgIpc) is 3.18. The van der Waals surface area contributed by atoms with Crippen LogP contribution in [0.25, 0.3) is 5.95 Å². The van der Waals surface area contributed by atoms with Crippen LogP contribution in [-0.2, 0) is 38.9 Å². The van der Waals surface area contributed by atoms with Crippen molar-refractivity contribution in [2.75, 3.05) is 11.9 Å². The highest BCUT2D eigenvalue weighted by atomic mass is 32.2. The second kappa shape index (κ2) is 9.80. The third-order valence-corrected chi connectivity index (χ3v) is 6.54. The van der Waals surface area contributed by atoms with Gasteiger partial charge in [0.25, 0.3) is 5.56 Å². The van der Waals surface area contributed by atoms with Crippen molar-refractivity contribution in [1.82, 2.24) is 25.1 Å². The molecule has 0 spiro atoms. The van der Waals surface area contributed by atoms with E-state index in [0.29, 0.717) is 30.5 Å². The molecular weight excluding hydrogens is 474 g/mol. The molecule has 5 N–H and O–H groups in total. The van der Waals surface area contributed by atoms with Gasteiger partial charge in [-0.1, -0.05) is 12.1 Å². The van der Waals surface area contributed by atoms with E-state index >= 15 is 0 Å². The van der Waals surface area contributed by atoms with Gasteiger partial charge in [-0.05, 0) is 56.7 Å². The fraction of sp³-hybridized carbons (Fsp3) is 0.318. The number of rotatable bonds is 6. The molecule has 3 aromatic rings. The van der Waals surface area contributed by atoms with Crippen molar-refractivity contribution in [2.45, 2.75) is 43.9 Å². The molecule has 0 unspecified atom stereocenters. The number of aromatic amines is 1. The molecule has 1 aliphatic carbocycles. The Bertz CT molecular complexity index is 1440. The van der Waals surface area contributed by atoms with E-state index in [-0.39, 0.29) is 28.8 Å². The Labute approximate surface area is 201 Å². The fourth-order valence-electron chi connectivity index (χ4n) is 3.86. The zero-order valence-electron chi connectivity index (χ0n) is 19.0. The molecule has 2 aromatic heterocycles. The van der Waals surface area contributed by atoms with Gasteiger partial charge in [-0.3, -0.25) is 19.4 Å². The van der Waals surface area contributed by atoms with Gasteiger partial charge in [-0.15, -0.1) is 0 Å². The first-order valence-corrected chi connectivity index (χ1v) is 12.6. The van der Waals surface area contributed by atoms with Crippen molar-refractivity contribution in [3.05, 3.63) is 63.2 Å². The van der Waals surface area contributed by atoms with Crippen molar-refractivity contribution >= 4 is 27.7 Å². The van der Waals surface area contributed by atoms with Crippen LogP contribution in [0.15, 0.2) is 40.0 Å². The lowest BCUT2D eigenvalue weighted by atomic mass is 9.97. The molecule has 13 heteroatoms. The minimum absolute atomic E-state index is 0.00803. The first kappa shape index (κ1) is 24.3. The molecule has 0 atom stereocenters. The summed E-state index contributed by atoms with van der Waals surface area (Å²) in [4.78, 5) is 44.5. The zero-order chi connectivity index (χ0) is 25.2. The number of benzene rings is 1. The predicted molar refractivity (Wildman–Crippen MR) is 127 cm³/mol. The Morgan fingerprint density at radius 3 is 2.57 bits per heavy atom. The summed E-state index contributed by atoms with van der Waals surface area (Å²) in [7, 11) is -3.78. The van der Waals surface area contributed by atoms with Crippen LogP contribution >= 0.6 is 0 Å². The SMILES string of the molecule is Cc1cc(NC(=O)C(=O)NCCc2ccc(S(N)(=O)=O)cc2)n(-c2nc3c(c(=O)[nH]2)CCCC3)n1. The van der Waals surface area contributed by atoms with Gasteiger partial charge < -0.3 is 10.6 Å². The van der Waals surface area contributed by atoms with Gasteiger partial charge in [0.1, 0.15) is 5.82 Å². The Hall–Kier alpha value is -3.84. The van der Waals surface area contributed by atoms with E-state index in [9.17, 15) is 22.8 Å². The topological polar surface area (TPSA) is 182 Å². The number of primary sulfonamides is 1. The van der Waals surface area contributed by atoms with Crippen LogP contribution in [0.4, 0.5) is 5.82 Å². The maximum absolute atomic E-state index is 12.5. The largest absolute Gasteiger partial charge is 0.347 e. The lowest BCUT2D eigenvalue weighted by molar-refractivity contribution is -0.136. The smallest absolute Gasteiger partial charge is 0.314 e. The van der Waals surface area contributed by atoms with Gasteiger partial charge in [0, 0.05) is 18.2 Å². The first-order valence-electron chi connectivity index (χ1n) is 11.0. The van der Waals surface area contributed by atoms with E-state index in [1.807, 2.05) is 0 Å². The van der Waals surface area contributed by atoms with E-state index in [1.54, 1.807) is 25.1 Å². The van der Waals surface area contributed by atoms with Crippen LogP contribution < -0.4 is 21.3 Å². The molecule has 1 aromatic carbocycles. The minimum atomic E-state index is -3.78. The van der Waals surface area contributed by atoms with Crippen molar-refractivity contribution in [3.8, 4) is 5.95 Å². The lowest BCUT2D eigenvalue weighted by Gasteiger charge is -2.15. The van der Waals surface area contributed by atoms with E-state index in [0.717, 1.165) is 24.1 Å². The number of amides is 2. The van der Waals surface area contributed by atoms with Gasteiger partial charge in [-0.2, -0.15) is 9.78 Å². The summed E-state index contributed by atoms with van der Waals surface area (Å²) in [5.41, 5.74) is 2.48. The number of sulfonamides is 1. The number of hydrogen-bond donors (Lipinski definition) is 4. The number of nitrogens with one attached hydrogen (secondary N) is 3. The van der Waals surface area contributed by atoms with Crippen molar-refractivity contribution in [1.29, 1.82) is 0 Å². The average molecular weight is 500 g/mol. The molecule has 0 bridgehead atoms. The summed E-state index contributed by atoms with van der Waals surface area (Å²) in [6.07, 6.45) is 3.63. The van der Waals surface area contributed by atoms with E-state index in [4.69, 9.17) is 5.14 Å². The molecule has 0 saturated heterocycles. The molecule has 0 aliphatic heterocycles. The molecule has 1 aliphatic rings. The molecule has 4 rings (SSSR count). The summed E-state index contributed by atoms with van der Waals surface area (Å²) in [5.74, 6) is -1.40. The van der Waals surface area contributed by atoms with Crippen LogP contribution in [0.3, 0.4) is 0 Å². The molecule has 0 fully saturated rings. The van der Waals surface area contributed by atoms with Crippen LogP contribution in [0.5, 0.6) is 0 Å². The lowest BCUT2D eigenvalue weighted by Crippen LogP contribution is -2.37. The molecule has 0 radical (unpaired) electrons. The molecule has 2 amide bonds. The second-order valence-corrected chi connectivity index (χ2v) is 9.82. The number of anilines is 1. The highest BCUT2D eigenvalue weighted by Crippen LogP contribution is 2.19. The Morgan fingerprint density at radius 1 is 1.14 bits per heavy atom. The van der Waals surface area contributed by atoms with Crippen LogP contribution in [0.1, 0.15) is 35.4 Å². The molecule has 2 heterocycles. The minimum Gasteiger partial charge on any atom is -0.347 e. The van der Waals surface area contributed by atoms with Crippen molar-refractivity contribution in [2.24, 2.45) is 5.14 Å². The summed E-state index contributed by atoms with van der Waals surface area (Å²) in [6.45, 7) is 1.86. The number of carbonyl (C=O) groups excluding carboxylic acids is 2. The molecule has 35 heavy (non-hydrogen) atoms. The van der Waals surface area contributed by atoms with Gasteiger partial charge in [-0.25, -0.2) is 18.5 Å². The van der Waals surface area contributed by atoms with Gasteiger partial charge in [0.05, 0.1) is 16.3 Å². The highest BCUT2D eigenvalue weighted by molar-refractivity contribution is 7.89. The fourth-order valence-corrected chi connectivity index (χ4v) is 4.38. The van der Waals surface area contributed by atoms with Crippen LogP contribution in [-0.4, -0.2) is 46.5 Å². The zero-order valence-corrected chi connectivity index (χ0v) is 19.8. The summed E-state index contributed by atoms with van der Waals surface area (Å²) in [6, 6.07) is 7.49. The van der Waals surface area contributed by atoms with Gasteiger partial charge >= 0.3 is 11.8 Å². The van der Waals surface area contributed by atoms with Crippen molar-refractivity contribution in [3.63, 3.8) is 0 Å². The molecule has 0 saturated carbocycles. The van der Waals surface area contributed by atoms with E-state index in [2.05, 4.69) is 25.7 Å². The van der Waals surface area contributed by atoms with Crippen molar-refractivity contribution < 1.29 is 18.0 Å². The summed E-state index contributed by atoms with van der Waals surface area (Å²) in [5, 5.41) is 14.4. The first-order chi connectivity index (χ1) is 16.6. The number of aryl methyl sites for hydroxylation is 2. The second-order valence-electron chi connectivity index (χ2n) is 8.25. The summed E-state index contributed by atoms with van der Waals surface area (Å²) < 4.78 is 23.9. The third-order valence-electron chi connectivity index (χ3n) is 5.61. The van der Waals surface area contributed by atoms with Gasteiger partial charge in [0.15, 0.2) is 0 Å². The maximum atomic E-state index is 12.5. The quantitative estimate of drug-likeness (QED) is 0.346. The number of nitrogens with two attached hydrogens (primary N) is 1. The summed E-state index contributed by atoms with van der Waals surface area (Å²) >= 11 is 0. The Kier molecular flexibility index (Phi) is 6.80. The maximum Gasteiger partial charge on any atom is 0.314 e. The van der Waals surface area contributed by atoms with Crippen LogP contribution in [0.2, 0.25) is 0 Å². The molecule has 184 valence electrons. The van der Waals surface area contributed by atoms with Crippen LogP contribution in [0, 0.1) is 6.92 Å². The standard InChI is InChI=1S/C22H25N7O5S/c1-13-12-18(29(28-13)22-25-17-5-3-2-4-16(17)19(30)27-22)26-21(32)20(31)24-11-10-14-6-8-15(9-7-14)35(23,33)34/h6-9,12H,2-5,10-11H2,1H3,(H,24,31)(H,26,32)(H2,23,33,34)(H,25,27,30). The van der Waals surface area contributed by atoms with E-state index in [1.165, 1.54) is 16.8 Å². The van der Waals surface area contributed by atoms with Gasteiger partial charge in [0.2, 0.25) is 16.0 Å². The predicted octanol–water partition coefficient (Wildman–Crippen LogP) is 0.0876. The Balaban J connectivity index is 1.40. The number of aromatic nitrogens is 4. The third kappa shape index (κ3) is 5.63. The number of nitrogens with zero attached hydrogens (tertiary/aromatic N) is 3. The monoisotopic (exact) mass is 499 g/mol. The molecule has 12 nitrogen and oxygen atoms in total. The highest BCUT2D eigenvalue weighted by Gasteiger charge is 2.21. The van der Waals surface area contributed by atoms with E-state index < -0.39 is 21.8 Å². The number of carbonyl (C=O) groups is 2. The normalized spacial score (nSPS) is 13.2. The Morgan fingerprint density at radius 2 is 1.86 bits per heavy atom.